The summed E-state index contributed by atoms with van der Waals surface area (Å²) in [4.78, 5) is 1.35. The molecule has 0 spiro atoms. The van der Waals surface area contributed by atoms with E-state index in [9.17, 15) is 0 Å². The van der Waals surface area contributed by atoms with Gasteiger partial charge in [-0.25, -0.2) is 0 Å². The van der Waals surface area contributed by atoms with E-state index in [1.165, 1.54) is 4.88 Å². The Morgan fingerprint density at radius 3 is 2.75 bits per heavy atom. The van der Waals surface area contributed by atoms with Crippen molar-refractivity contribution in [2.24, 2.45) is 0 Å². The van der Waals surface area contributed by atoms with E-state index < -0.39 is 0 Å². The predicted octanol–water partition coefficient (Wildman–Crippen LogP) is 5.05. The van der Waals surface area contributed by atoms with Crippen molar-refractivity contribution in [1.29, 1.82) is 0 Å². The summed E-state index contributed by atoms with van der Waals surface area (Å²) in [6.07, 6.45) is 1.95. The maximum absolute atomic E-state index is 5.92. The Labute approximate surface area is 132 Å². The SMILES string of the molecule is CCCOc1ccc(CBr)c(OCCc2cccs2)c1. The highest BCUT2D eigenvalue weighted by Crippen LogP contribution is 2.27. The minimum atomic E-state index is 0.692. The molecule has 2 rings (SSSR count). The van der Waals surface area contributed by atoms with Crippen LogP contribution in [0.1, 0.15) is 23.8 Å². The van der Waals surface area contributed by atoms with E-state index in [1.54, 1.807) is 11.3 Å². The zero-order chi connectivity index (χ0) is 14.2. The van der Waals surface area contributed by atoms with Gasteiger partial charge < -0.3 is 9.47 Å². The number of rotatable bonds is 8. The first-order chi connectivity index (χ1) is 9.83. The van der Waals surface area contributed by atoms with Crippen molar-refractivity contribution in [2.75, 3.05) is 13.2 Å². The van der Waals surface area contributed by atoms with Crippen molar-refractivity contribution in [3.05, 3.63) is 46.2 Å². The Morgan fingerprint density at radius 2 is 2.05 bits per heavy atom. The molecule has 1 aromatic carbocycles. The molecule has 0 aliphatic rings. The molecule has 108 valence electrons. The molecule has 2 nitrogen and oxygen atoms in total. The number of ether oxygens (including phenoxy) is 2. The monoisotopic (exact) mass is 354 g/mol. The van der Waals surface area contributed by atoms with Crippen molar-refractivity contribution in [2.45, 2.75) is 25.1 Å². The van der Waals surface area contributed by atoms with Crippen LogP contribution in [0.5, 0.6) is 11.5 Å². The average Bonchev–Trinajstić information content (AvgIpc) is 2.98. The summed E-state index contributed by atoms with van der Waals surface area (Å²) in [6, 6.07) is 10.3. The number of halogens is 1. The van der Waals surface area contributed by atoms with Gasteiger partial charge in [-0.2, -0.15) is 0 Å². The Morgan fingerprint density at radius 1 is 1.15 bits per heavy atom. The molecule has 0 atom stereocenters. The largest absolute Gasteiger partial charge is 0.493 e. The topological polar surface area (TPSA) is 18.5 Å². The Kier molecular flexibility index (Phi) is 6.40. The molecule has 0 unspecified atom stereocenters. The molecule has 0 saturated carbocycles. The molecule has 4 heteroatoms. The standard InChI is InChI=1S/C16H19BrO2S/c1-2-8-18-14-6-5-13(12-17)16(11-14)19-9-7-15-4-3-10-20-15/h3-6,10-11H,2,7-9,12H2,1H3. The van der Waals surface area contributed by atoms with Crippen LogP contribution in [0.3, 0.4) is 0 Å². The second-order valence-electron chi connectivity index (χ2n) is 4.43. The van der Waals surface area contributed by atoms with E-state index in [4.69, 9.17) is 9.47 Å². The van der Waals surface area contributed by atoms with Crippen LogP contribution in [0.2, 0.25) is 0 Å². The highest BCUT2D eigenvalue weighted by molar-refractivity contribution is 9.08. The fourth-order valence-corrected chi connectivity index (χ4v) is 2.96. The van der Waals surface area contributed by atoms with E-state index in [-0.39, 0.29) is 0 Å². The summed E-state index contributed by atoms with van der Waals surface area (Å²) in [5.74, 6) is 1.79. The quantitative estimate of drug-likeness (QED) is 0.617. The fourth-order valence-electron chi connectivity index (χ4n) is 1.81. The van der Waals surface area contributed by atoms with E-state index in [2.05, 4.69) is 46.4 Å². The molecule has 0 aliphatic heterocycles. The van der Waals surface area contributed by atoms with Gasteiger partial charge in [0.1, 0.15) is 11.5 Å². The molecule has 0 amide bonds. The van der Waals surface area contributed by atoms with Crippen LogP contribution in [-0.4, -0.2) is 13.2 Å². The zero-order valence-electron chi connectivity index (χ0n) is 11.6. The summed E-state index contributed by atoms with van der Waals surface area (Å²) in [6.45, 7) is 3.53. The van der Waals surface area contributed by atoms with Crippen molar-refractivity contribution in [3.8, 4) is 11.5 Å². The molecule has 0 N–H and O–H groups in total. The van der Waals surface area contributed by atoms with Crippen molar-refractivity contribution >= 4 is 27.3 Å². The van der Waals surface area contributed by atoms with Gasteiger partial charge in [-0.3, -0.25) is 0 Å². The lowest BCUT2D eigenvalue weighted by Gasteiger charge is -2.12. The van der Waals surface area contributed by atoms with Crippen LogP contribution in [0.4, 0.5) is 0 Å². The van der Waals surface area contributed by atoms with Crippen LogP contribution in [-0.2, 0) is 11.8 Å². The molecule has 2 aromatic rings. The summed E-state index contributed by atoms with van der Waals surface area (Å²) in [5, 5.41) is 2.88. The molecule has 0 aliphatic carbocycles. The smallest absolute Gasteiger partial charge is 0.127 e. The maximum Gasteiger partial charge on any atom is 0.127 e. The van der Waals surface area contributed by atoms with Gasteiger partial charge in [0.05, 0.1) is 13.2 Å². The lowest BCUT2D eigenvalue weighted by atomic mass is 10.2. The summed E-state index contributed by atoms with van der Waals surface area (Å²) in [7, 11) is 0. The molecule has 1 aromatic heterocycles. The van der Waals surface area contributed by atoms with Crippen molar-refractivity contribution < 1.29 is 9.47 Å². The molecule has 0 bridgehead atoms. The summed E-state index contributed by atoms with van der Waals surface area (Å²) >= 11 is 5.27. The third-order valence-electron chi connectivity index (χ3n) is 2.84. The highest BCUT2D eigenvalue weighted by atomic mass is 79.9. The van der Waals surface area contributed by atoms with Crippen LogP contribution < -0.4 is 9.47 Å². The minimum absolute atomic E-state index is 0.692. The van der Waals surface area contributed by atoms with Gasteiger partial charge in [-0.05, 0) is 23.9 Å². The molecular weight excluding hydrogens is 336 g/mol. The van der Waals surface area contributed by atoms with Crippen molar-refractivity contribution in [1.82, 2.24) is 0 Å². The second-order valence-corrected chi connectivity index (χ2v) is 6.02. The van der Waals surface area contributed by atoms with Crippen LogP contribution in [0.15, 0.2) is 35.7 Å². The normalized spacial score (nSPS) is 10.5. The van der Waals surface area contributed by atoms with E-state index >= 15 is 0 Å². The summed E-state index contributed by atoms with van der Waals surface area (Å²) in [5.41, 5.74) is 1.15. The van der Waals surface area contributed by atoms with E-state index in [0.717, 1.165) is 41.8 Å². The highest BCUT2D eigenvalue weighted by Gasteiger charge is 2.06. The van der Waals surface area contributed by atoms with Gasteiger partial charge in [0.15, 0.2) is 0 Å². The lowest BCUT2D eigenvalue weighted by molar-refractivity contribution is 0.302. The predicted molar refractivity (Wildman–Crippen MR) is 88.4 cm³/mol. The molecule has 0 radical (unpaired) electrons. The van der Waals surface area contributed by atoms with Gasteiger partial charge >= 0.3 is 0 Å². The van der Waals surface area contributed by atoms with Gasteiger partial charge in [-0.15, -0.1) is 11.3 Å². The van der Waals surface area contributed by atoms with E-state index in [1.807, 2.05) is 12.1 Å². The third-order valence-corrected chi connectivity index (χ3v) is 4.38. The van der Waals surface area contributed by atoms with Crippen LogP contribution in [0.25, 0.3) is 0 Å². The van der Waals surface area contributed by atoms with Gasteiger partial charge in [0.2, 0.25) is 0 Å². The Balaban J connectivity index is 1.96. The van der Waals surface area contributed by atoms with E-state index in [0.29, 0.717) is 6.61 Å². The maximum atomic E-state index is 5.92. The molecule has 0 fully saturated rings. The number of benzene rings is 1. The molecular formula is C16H19BrO2S. The second kappa shape index (κ2) is 8.32. The van der Waals surface area contributed by atoms with Crippen molar-refractivity contribution in [3.63, 3.8) is 0 Å². The number of thiophene rings is 1. The first kappa shape index (κ1) is 15.4. The summed E-state index contributed by atoms with van der Waals surface area (Å²) < 4.78 is 11.6. The average molecular weight is 355 g/mol. The number of hydrogen-bond donors (Lipinski definition) is 0. The Bertz CT molecular complexity index is 511. The fraction of sp³-hybridized carbons (Fsp3) is 0.375. The van der Waals surface area contributed by atoms with Crippen LogP contribution in [0, 0.1) is 0 Å². The third kappa shape index (κ3) is 4.53. The number of alkyl halides is 1. The molecule has 0 saturated heterocycles. The van der Waals surface area contributed by atoms with Gasteiger partial charge in [-0.1, -0.05) is 35.0 Å². The lowest BCUT2D eigenvalue weighted by Crippen LogP contribution is -2.03. The molecule has 1 heterocycles. The van der Waals surface area contributed by atoms with Gasteiger partial charge in [0.25, 0.3) is 0 Å². The minimum Gasteiger partial charge on any atom is -0.493 e. The number of hydrogen-bond acceptors (Lipinski definition) is 3. The first-order valence-electron chi connectivity index (χ1n) is 6.80. The Hall–Kier alpha value is -1.00. The zero-order valence-corrected chi connectivity index (χ0v) is 14.0. The van der Waals surface area contributed by atoms with Gasteiger partial charge in [0, 0.05) is 28.3 Å². The first-order valence-corrected chi connectivity index (χ1v) is 8.80. The molecule has 20 heavy (non-hydrogen) atoms. The van der Waals surface area contributed by atoms with Crippen LogP contribution >= 0.6 is 27.3 Å².